The Bertz CT molecular complexity index is 1200. The number of esters is 1. The van der Waals surface area contributed by atoms with Gasteiger partial charge in [0.05, 0.1) is 13.0 Å². The molecule has 0 bridgehead atoms. The lowest BCUT2D eigenvalue weighted by molar-refractivity contribution is -0.141. The zero-order chi connectivity index (χ0) is 21.8. The van der Waals surface area contributed by atoms with Crippen LogP contribution in [0.2, 0.25) is 0 Å². The zero-order valence-electron chi connectivity index (χ0n) is 17.1. The number of ether oxygens (including phenoxy) is 3. The van der Waals surface area contributed by atoms with Crippen LogP contribution in [-0.2, 0) is 27.3 Å². The molecule has 0 unspecified atom stereocenters. The van der Waals surface area contributed by atoms with Gasteiger partial charge in [-0.25, -0.2) is 0 Å². The van der Waals surface area contributed by atoms with Crippen molar-refractivity contribution in [2.24, 2.45) is 0 Å². The number of hydrogen-bond acceptors (Lipinski definition) is 6. The standard InChI is InChI=1S/C23H22N2O6/c1-15(26)29-10-9-25-8-7-17-18(23(25)28)3-2-4-19(17)24-22(27)14-16-5-6-20-21(13-16)31-12-11-30-20/h2-8,13H,9-12,14H2,1H3,(H,24,27). The second kappa shape index (κ2) is 8.91. The molecule has 2 aromatic carbocycles. The van der Waals surface area contributed by atoms with Crippen LogP contribution in [0.1, 0.15) is 12.5 Å². The number of amides is 1. The van der Waals surface area contributed by atoms with Gasteiger partial charge in [-0.3, -0.25) is 14.4 Å². The molecule has 3 aromatic rings. The summed E-state index contributed by atoms with van der Waals surface area (Å²) in [5.41, 5.74) is 1.15. The molecule has 1 amide bonds. The molecule has 160 valence electrons. The predicted octanol–water partition coefficient (Wildman–Crippen LogP) is 2.52. The number of rotatable bonds is 6. The van der Waals surface area contributed by atoms with Crippen molar-refractivity contribution in [3.8, 4) is 11.5 Å². The van der Waals surface area contributed by atoms with E-state index in [0.29, 0.717) is 41.2 Å². The second-order valence-corrected chi connectivity index (χ2v) is 7.12. The topological polar surface area (TPSA) is 95.9 Å². The first-order valence-corrected chi connectivity index (χ1v) is 9.95. The Kier molecular flexibility index (Phi) is 5.88. The number of benzene rings is 2. The molecule has 0 saturated heterocycles. The minimum Gasteiger partial charge on any atom is -0.486 e. The maximum atomic E-state index is 12.8. The monoisotopic (exact) mass is 422 g/mol. The molecule has 0 fully saturated rings. The van der Waals surface area contributed by atoms with E-state index >= 15 is 0 Å². The molecule has 0 aliphatic carbocycles. The van der Waals surface area contributed by atoms with Crippen LogP contribution >= 0.6 is 0 Å². The summed E-state index contributed by atoms with van der Waals surface area (Å²) in [6, 6.07) is 12.4. The van der Waals surface area contributed by atoms with Crippen LogP contribution in [0.4, 0.5) is 5.69 Å². The average molecular weight is 422 g/mol. The van der Waals surface area contributed by atoms with Gasteiger partial charge in [0.15, 0.2) is 11.5 Å². The molecular formula is C23H22N2O6. The van der Waals surface area contributed by atoms with Gasteiger partial charge in [0.25, 0.3) is 5.56 Å². The van der Waals surface area contributed by atoms with Gasteiger partial charge >= 0.3 is 5.97 Å². The first kappa shape index (κ1) is 20.5. The summed E-state index contributed by atoms with van der Waals surface area (Å²) in [5.74, 6) is 0.713. The molecule has 1 aliphatic heterocycles. The summed E-state index contributed by atoms with van der Waals surface area (Å²) in [4.78, 5) is 36.3. The highest BCUT2D eigenvalue weighted by Crippen LogP contribution is 2.31. The van der Waals surface area contributed by atoms with Crippen LogP contribution in [0.25, 0.3) is 10.8 Å². The van der Waals surface area contributed by atoms with E-state index in [2.05, 4.69) is 5.32 Å². The molecule has 4 rings (SSSR count). The highest BCUT2D eigenvalue weighted by molar-refractivity contribution is 6.02. The maximum absolute atomic E-state index is 12.8. The molecule has 0 saturated carbocycles. The van der Waals surface area contributed by atoms with Gasteiger partial charge in [0.2, 0.25) is 5.91 Å². The van der Waals surface area contributed by atoms with E-state index in [4.69, 9.17) is 14.2 Å². The number of anilines is 1. The number of hydrogen-bond donors (Lipinski definition) is 1. The van der Waals surface area contributed by atoms with Crippen molar-refractivity contribution in [3.05, 3.63) is 64.6 Å². The number of carbonyl (C=O) groups excluding carboxylic acids is 2. The van der Waals surface area contributed by atoms with Crippen molar-refractivity contribution in [2.45, 2.75) is 19.9 Å². The third-order valence-electron chi connectivity index (χ3n) is 4.90. The number of nitrogens with one attached hydrogen (secondary N) is 1. The van der Waals surface area contributed by atoms with E-state index in [1.54, 1.807) is 42.6 Å². The van der Waals surface area contributed by atoms with E-state index in [-0.39, 0.29) is 31.0 Å². The summed E-state index contributed by atoms with van der Waals surface area (Å²) >= 11 is 0. The Balaban J connectivity index is 1.50. The number of pyridine rings is 1. The van der Waals surface area contributed by atoms with E-state index in [1.165, 1.54) is 11.5 Å². The molecule has 1 aromatic heterocycles. The molecule has 8 nitrogen and oxygen atoms in total. The Morgan fingerprint density at radius 2 is 1.87 bits per heavy atom. The molecule has 1 aliphatic rings. The smallest absolute Gasteiger partial charge is 0.302 e. The van der Waals surface area contributed by atoms with Crippen LogP contribution in [0.3, 0.4) is 0 Å². The van der Waals surface area contributed by atoms with Crippen molar-refractivity contribution in [1.29, 1.82) is 0 Å². The fraction of sp³-hybridized carbons (Fsp3) is 0.261. The number of nitrogens with zero attached hydrogens (tertiary/aromatic N) is 1. The predicted molar refractivity (Wildman–Crippen MR) is 115 cm³/mol. The molecule has 0 spiro atoms. The highest BCUT2D eigenvalue weighted by atomic mass is 16.6. The lowest BCUT2D eigenvalue weighted by Crippen LogP contribution is -2.23. The third-order valence-corrected chi connectivity index (χ3v) is 4.90. The average Bonchev–Trinajstić information content (AvgIpc) is 2.75. The Morgan fingerprint density at radius 3 is 2.68 bits per heavy atom. The molecule has 8 heteroatoms. The fourth-order valence-corrected chi connectivity index (χ4v) is 3.47. The summed E-state index contributed by atoms with van der Waals surface area (Å²) < 4.78 is 17.5. The first-order valence-electron chi connectivity index (χ1n) is 9.95. The minimum absolute atomic E-state index is 0.118. The first-order chi connectivity index (χ1) is 15.0. The Labute approximate surface area is 178 Å². The second-order valence-electron chi connectivity index (χ2n) is 7.12. The SMILES string of the molecule is CC(=O)OCCn1ccc2c(NC(=O)Cc3ccc4c(c3)OCCO4)cccc2c1=O. The van der Waals surface area contributed by atoms with Gasteiger partial charge in [-0.15, -0.1) is 0 Å². The Morgan fingerprint density at radius 1 is 1.06 bits per heavy atom. The van der Waals surface area contributed by atoms with Gasteiger partial charge in [-0.2, -0.15) is 0 Å². The van der Waals surface area contributed by atoms with Gasteiger partial charge < -0.3 is 24.1 Å². The molecule has 0 atom stereocenters. The van der Waals surface area contributed by atoms with Gasteiger partial charge in [0.1, 0.15) is 19.8 Å². The normalized spacial score (nSPS) is 12.4. The van der Waals surface area contributed by atoms with Crippen molar-refractivity contribution in [1.82, 2.24) is 4.57 Å². The fourth-order valence-electron chi connectivity index (χ4n) is 3.47. The van der Waals surface area contributed by atoms with Crippen molar-refractivity contribution >= 4 is 28.3 Å². The molecular weight excluding hydrogens is 400 g/mol. The summed E-state index contributed by atoms with van der Waals surface area (Å²) in [6.45, 7) is 2.70. The van der Waals surface area contributed by atoms with Gasteiger partial charge in [-0.1, -0.05) is 12.1 Å². The zero-order valence-corrected chi connectivity index (χ0v) is 17.1. The minimum atomic E-state index is -0.392. The number of carbonyl (C=O) groups is 2. The van der Waals surface area contributed by atoms with Crippen LogP contribution in [0, 0.1) is 0 Å². The summed E-state index contributed by atoms with van der Waals surface area (Å²) in [7, 11) is 0. The van der Waals surface area contributed by atoms with E-state index in [9.17, 15) is 14.4 Å². The number of aromatic nitrogens is 1. The summed E-state index contributed by atoms with van der Waals surface area (Å²) in [6.07, 6.45) is 1.79. The van der Waals surface area contributed by atoms with E-state index in [1.807, 2.05) is 6.07 Å². The highest BCUT2D eigenvalue weighted by Gasteiger charge is 2.14. The quantitative estimate of drug-likeness (QED) is 0.614. The van der Waals surface area contributed by atoms with Crippen LogP contribution in [0.15, 0.2) is 53.5 Å². The molecule has 31 heavy (non-hydrogen) atoms. The largest absolute Gasteiger partial charge is 0.486 e. The van der Waals surface area contributed by atoms with Crippen LogP contribution < -0.4 is 20.3 Å². The van der Waals surface area contributed by atoms with Gasteiger partial charge in [-0.05, 0) is 35.9 Å². The lowest BCUT2D eigenvalue weighted by Gasteiger charge is -2.18. The molecule has 0 radical (unpaired) electrons. The van der Waals surface area contributed by atoms with Crippen LogP contribution in [0.5, 0.6) is 11.5 Å². The molecule has 2 heterocycles. The maximum Gasteiger partial charge on any atom is 0.302 e. The van der Waals surface area contributed by atoms with Crippen molar-refractivity contribution < 1.29 is 23.8 Å². The lowest BCUT2D eigenvalue weighted by atomic mass is 10.1. The van der Waals surface area contributed by atoms with Crippen molar-refractivity contribution in [3.63, 3.8) is 0 Å². The van der Waals surface area contributed by atoms with Gasteiger partial charge in [0, 0.05) is 29.6 Å². The third kappa shape index (κ3) is 4.69. The summed E-state index contributed by atoms with van der Waals surface area (Å²) in [5, 5.41) is 4.01. The Hall–Kier alpha value is -3.81. The van der Waals surface area contributed by atoms with E-state index in [0.717, 1.165) is 5.56 Å². The van der Waals surface area contributed by atoms with Crippen LogP contribution in [-0.4, -0.2) is 36.3 Å². The molecule has 1 N–H and O–H groups in total. The van der Waals surface area contributed by atoms with Crippen molar-refractivity contribution in [2.75, 3.05) is 25.1 Å². The number of fused-ring (bicyclic) bond motifs is 2. The van der Waals surface area contributed by atoms with E-state index < -0.39 is 5.97 Å².